The minimum atomic E-state index is -3.04. The predicted molar refractivity (Wildman–Crippen MR) is 87.4 cm³/mol. The van der Waals surface area contributed by atoms with Gasteiger partial charge in [-0.2, -0.15) is 0 Å². The van der Waals surface area contributed by atoms with Gasteiger partial charge in [-0.1, -0.05) is 12.1 Å². The molecular formula is C15H20N2O6S. The summed E-state index contributed by atoms with van der Waals surface area (Å²) in [5.41, 5.74) is 0.833. The smallest absolute Gasteiger partial charge is 0.303 e. The molecule has 8 nitrogen and oxygen atoms in total. The van der Waals surface area contributed by atoms with Crippen molar-refractivity contribution >= 4 is 21.5 Å². The standard InChI is InChI=1S/C15H20N2O6S/c18-15(19)2-1-8-16(14-7-9-24(22,23)11-14)10-12-3-5-13(6-4-12)17(20)21/h3-6,14H,1-2,7-11H2,(H,18,19)/t14-/m1/s1. The summed E-state index contributed by atoms with van der Waals surface area (Å²) in [6, 6.07) is 5.98. The number of carboxylic acids is 1. The average Bonchev–Trinajstić information content (AvgIpc) is 2.86. The van der Waals surface area contributed by atoms with Crippen LogP contribution in [0.5, 0.6) is 0 Å². The Hall–Kier alpha value is -2.00. The second-order valence-corrected chi connectivity index (χ2v) is 8.18. The summed E-state index contributed by atoms with van der Waals surface area (Å²) in [6.45, 7) is 0.918. The van der Waals surface area contributed by atoms with Crippen LogP contribution >= 0.6 is 0 Å². The van der Waals surface area contributed by atoms with E-state index in [2.05, 4.69) is 0 Å². The Balaban J connectivity index is 2.06. The van der Waals surface area contributed by atoms with Gasteiger partial charge in [0.25, 0.3) is 5.69 Å². The van der Waals surface area contributed by atoms with Crippen LogP contribution in [0.3, 0.4) is 0 Å². The molecule has 2 rings (SSSR count). The first-order valence-corrected chi connectivity index (χ1v) is 9.48. The van der Waals surface area contributed by atoms with Crippen molar-refractivity contribution in [2.75, 3.05) is 18.1 Å². The van der Waals surface area contributed by atoms with E-state index < -0.39 is 20.7 Å². The lowest BCUT2D eigenvalue weighted by atomic mass is 10.1. The van der Waals surface area contributed by atoms with Gasteiger partial charge in [0.15, 0.2) is 9.84 Å². The van der Waals surface area contributed by atoms with Gasteiger partial charge >= 0.3 is 5.97 Å². The molecule has 0 spiro atoms. The Morgan fingerprint density at radius 2 is 2.00 bits per heavy atom. The van der Waals surface area contributed by atoms with Gasteiger partial charge in [-0.25, -0.2) is 8.42 Å². The van der Waals surface area contributed by atoms with E-state index in [-0.39, 0.29) is 29.7 Å². The van der Waals surface area contributed by atoms with E-state index in [4.69, 9.17) is 5.11 Å². The zero-order valence-electron chi connectivity index (χ0n) is 13.1. The second kappa shape index (κ2) is 7.71. The zero-order valence-corrected chi connectivity index (χ0v) is 13.9. The van der Waals surface area contributed by atoms with Crippen molar-refractivity contribution in [3.8, 4) is 0 Å². The molecule has 1 heterocycles. The van der Waals surface area contributed by atoms with Gasteiger partial charge in [0.05, 0.1) is 16.4 Å². The number of hydrogen-bond acceptors (Lipinski definition) is 6. The Morgan fingerprint density at radius 3 is 2.50 bits per heavy atom. The highest BCUT2D eigenvalue weighted by molar-refractivity contribution is 7.91. The van der Waals surface area contributed by atoms with Crippen molar-refractivity contribution in [1.29, 1.82) is 0 Å². The lowest BCUT2D eigenvalue weighted by molar-refractivity contribution is -0.384. The van der Waals surface area contributed by atoms with Crippen molar-refractivity contribution in [2.45, 2.75) is 31.8 Å². The first kappa shape index (κ1) is 18.3. The van der Waals surface area contributed by atoms with Crippen LogP contribution in [0.4, 0.5) is 5.69 Å². The molecule has 0 bridgehead atoms. The van der Waals surface area contributed by atoms with Gasteiger partial charge in [0, 0.05) is 31.1 Å². The van der Waals surface area contributed by atoms with E-state index in [0.717, 1.165) is 5.56 Å². The molecule has 24 heavy (non-hydrogen) atoms. The quantitative estimate of drug-likeness (QED) is 0.553. The van der Waals surface area contributed by atoms with Crippen molar-refractivity contribution < 1.29 is 23.2 Å². The minimum absolute atomic E-state index is 0.000351. The highest BCUT2D eigenvalue weighted by Crippen LogP contribution is 2.21. The molecule has 1 aliphatic rings. The van der Waals surface area contributed by atoms with Crippen molar-refractivity contribution in [3.05, 3.63) is 39.9 Å². The van der Waals surface area contributed by atoms with Crippen LogP contribution in [-0.4, -0.2) is 53.4 Å². The van der Waals surface area contributed by atoms with Gasteiger partial charge in [-0.15, -0.1) is 0 Å². The summed E-state index contributed by atoms with van der Waals surface area (Å²) >= 11 is 0. The molecule has 1 fully saturated rings. The maximum Gasteiger partial charge on any atom is 0.303 e. The Kier molecular flexibility index (Phi) is 5.89. The molecule has 1 aromatic carbocycles. The van der Waals surface area contributed by atoms with Crippen LogP contribution in [0, 0.1) is 10.1 Å². The van der Waals surface area contributed by atoms with E-state index in [1.807, 2.05) is 4.90 Å². The number of carbonyl (C=O) groups is 1. The average molecular weight is 356 g/mol. The SMILES string of the molecule is O=C(O)CCCN(Cc1ccc([N+](=O)[O-])cc1)[C@@H]1CCS(=O)(=O)C1. The zero-order chi connectivity index (χ0) is 17.7. The van der Waals surface area contributed by atoms with E-state index in [9.17, 15) is 23.3 Å². The lowest BCUT2D eigenvalue weighted by Crippen LogP contribution is -2.36. The number of rotatable bonds is 8. The Labute approximate surface area is 140 Å². The third kappa shape index (κ3) is 5.27. The third-order valence-electron chi connectivity index (χ3n) is 4.09. The number of carboxylic acid groups (broad SMARTS) is 1. The minimum Gasteiger partial charge on any atom is -0.481 e. The van der Waals surface area contributed by atoms with Crippen LogP contribution in [0.25, 0.3) is 0 Å². The molecule has 0 unspecified atom stereocenters. The highest BCUT2D eigenvalue weighted by Gasteiger charge is 2.32. The largest absolute Gasteiger partial charge is 0.481 e. The van der Waals surface area contributed by atoms with Crippen LogP contribution in [-0.2, 0) is 21.2 Å². The normalized spacial score (nSPS) is 19.5. The predicted octanol–water partition coefficient (Wildman–Crippen LogP) is 1.45. The molecule has 132 valence electrons. The van der Waals surface area contributed by atoms with Gasteiger partial charge in [0.1, 0.15) is 0 Å². The summed E-state index contributed by atoms with van der Waals surface area (Å²) < 4.78 is 23.4. The lowest BCUT2D eigenvalue weighted by Gasteiger charge is -2.28. The maximum atomic E-state index is 11.7. The van der Waals surface area contributed by atoms with Crippen molar-refractivity contribution in [3.63, 3.8) is 0 Å². The number of nitrogens with zero attached hydrogens (tertiary/aromatic N) is 2. The molecule has 0 radical (unpaired) electrons. The van der Waals surface area contributed by atoms with Crippen LogP contribution < -0.4 is 0 Å². The van der Waals surface area contributed by atoms with Gasteiger partial charge in [0.2, 0.25) is 0 Å². The Morgan fingerprint density at radius 1 is 1.33 bits per heavy atom. The number of nitro benzene ring substituents is 1. The molecule has 1 aliphatic heterocycles. The molecule has 1 atom stereocenters. The summed E-state index contributed by atoms with van der Waals surface area (Å²) in [6.07, 6.45) is 0.984. The third-order valence-corrected chi connectivity index (χ3v) is 5.84. The summed E-state index contributed by atoms with van der Waals surface area (Å²) in [5, 5.41) is 19.5. The molecular weight excluding hydrogens is 336 g/mol. The fraction of sp³-hybridized carbons (Fsp3) is 0.533. The fourth-order valence-corrected chi connectivity index (χ4v) is 4.61. The van der Waals surface area contributed by atoms with E-state index in [1.54, 1.807) is 12.1 Å². The van der Waals surface area contributed by atoms with Crippen LogP contribution in [0.15, 0.2) is 24.3 Å². The van der Waals surface area contributed by atoms with E-state index in [0.29, 0.717) is 25.9 Å². The van der Waals surface area contributed by atoms with Crippen LogP contribution in [0.2, 0.25) is 0 Å². The van der Waals surface area contributed by atoms with Gasteiger partial charge in [-0.3, -0.25) is 19.8 Å². The number of hydrogen-bond donors (Lipinski definition) is 1. The first-order valence-electron chi connectivity index (χ1n) is 7.66. The monoisotopic (exact) mass is 356 g/mol. The summed E-state index contributed by atoms with van der Waals surface area (Å²) in [4.78, 5) is 22.9. The fourth-order valence-electron chi connectivity index (χ4n) is 2.85. The summed E-state index contributed by atoms with van der Waals surface area (Å²) in [5.74, 6) is -0.662. The number of benzene rings is 1. The molecule has 1 saturated heterocycles. The van der Waals surface area contributed by atoms with Gasteiger partial charge < -0.3 is 5.11 Å². The van der Waals surface area contributed by atoms with Crippen molar-refractivity contribution in [2.24, 2.45) is 0 Å². The molecule has 0 aromatic heterocycles. The number of nitro groups is 1. The molecule has 1 aromatic rings. The second-order valence-electron chi connectivity index (χ2n) is 5.95. The molecule has 0 aliphatic carbocycles. The maximum absolute atomic E-state index is 11.7. The summed E-state index contributed by atoms with van der Waals surface area (Å²) in [7, 11) is -3.04. The molecule has 0 saturated carbocycles. The number of aliphatic carboxylic acids is 1. The van der Waals surface area contributed by atoms with Crippen molar-refractivity contribution in [1.82, 2.24) is 4.90 Å². The van der Waals surface area contributed by atoms with E-state index in [1.165, 1.54) is 12.1 Å². The Bertz CT molecular complexity index is 701. The highest BCUT2D eigenvalue weighted by atomic mass is 32.2. The first-order chi connectivity index (χ1) is 11.3. The van der Waals surface area contributed by atoms with Crippen LogP contribution in [0.1, 0.15) is 24.8 Å². The number of sulfone groups is 1. The topological polar surface area (TPSA) is 118 Å². The molecule has 1 N–H and O–H groups in total. The van der Waals surface area contributed by atoms with Gasteiger partial charge in [-0.05, 0) is 24.9 Å². The molecule has 9 heteroatoms. The van der Waals surface area contributed by atoms with E-state index >= 15 is 0 Å². The number of non-ortho nitro benzene ring substituents is 1. The molecule has 0 amide bonds.